The minimum atomic E-state index is -1.06. The number of hydrogen-bond acceptors (Lipinski definition) is 2. The summed E-state index contributed by atoms with van der Waals surface area (Å²) in [4.78, 5) is 21.4. The van der Waals surface area contributed by atoms with Crippen molar-refractivity contribution in [2.75, 3.05) is 0 Å². The van der Waals surface area contributed by atoms with E-state index in [9.17, 15) is 9.59 Å². The Bertz CT molecular complexity index is 336. The van der Waals surface area contributed by atoms with Crippen LogP contribution in [0.2, 0.25) is 0 Å². The fourth-order valence-electron chi connectivity index (χ4n) is 2.61. The molecule has 0 fully saturated rings. The summed E-state index contributed by atoms with van der Waals surface area (Å²) >= 11 is 0. The van der Waals surface area contributed by atoms with Gasteiger partial charge in [-0.05, 0) is 19.3 Å². The van der Waals surface area contributed by atoms with Crippen LogP contribution in [0.3, 0.4) is 0 Å². The van der Waals surface area contributed by atoms with Gasteiger partial charge >= 0.3 is 11.9 Å². The summed E-state index contributed by atoms with van der Waals surface area (Å²) in [6, 6.07) is 0. The van der Waals surface area contributed by atoms with Gasteiger partial charge in [-0.3, -0.25) is 9.59 Å². The van der Waals surface area contributed by atoms with Gasteiger partial charge in [0.25, 0.3) is 0 Å². The number of aliphatic carboxylic acids is 2. The highest BCUT2D eigenvalue weighted by molar-refractivity contribution is 5.77. The zero-order valence-electron chi connectivity index (χ0n) is 14.6. The highest BCUT2D eigenvalue weighted by atomic mass is 16.4. The molecule has 0 saturated heterocycles. The first-order chi connectivity index (χ1) is 11.1. The van der Waals surface area contributed by atoms with E-state index < -0.39 is 17.9 Å². The quantitative estimate of drug-likeness (QED) is 0.293. The van der Waals surface area contributed by atoms with E-state index in [4.69, 9.17) is 10.2 Å². The Kier molecular flexibility index (Phi) is 14.7. The standard InChI is InChI=1S/C19H34O4/c1-2-3-4-5-6-7-8-9-10-11-12-13-14-15-17(19(22)23)16-18(20)21/h13-14,17H,2-12,15-16H2,1H3,(H,20,21)(H,22,23)/b14-13+. The molecule has 0 amide bonds. The summed E-state index contributed by atoms with van der Waals surface area (Å²) in [7, 11) is 0. The Labute approximate surface area is 141 Å². The molecule has 0 bridgehead atoms. The van der Waals surface area contributed by atoms with Gasteiger partial charge in [0, 0.05) is 0 Å². The zero-order chi connectivity index (χ0) is 17.3. The van der Waals surface area contributed by atoms with Gasteiger partial charge in [-0.15, -0.1) is 0 Å². The molecule has 0 radical (unpaired) electrons. The predicted octanol–water partition coefficient (Wildman–Crippen LogP) is 5.42. The van der Waals surface area contributed by atoms with E-state index in [1.807, 2.05) is 12.2 Å². The van der Waals surface area contributed by atoms with Crippen LogP contribution in [0.15, 0.2) is 12.2 Å². The number of carbonyl (C=O) groups is 2. The van der Waals surface area contributed by atoms with Crippen molar-refractivity contribution >= 4 is 11.9 Å². The topological polar surface area (TPSA) is 74.6 Å². The fraction of sp³-hybridized carbons (Fsp3) is 0.789. The van der Waals surface area contributed by atoms with Crippen LogP contribution < -0.4 is 0 Å². The average molecular weight is 326 g/mol. The molecule has 23 heavy (non-hydrogen) atoms. The largest absolute Gasteiger partial charge is 0.481 e. The molecule has 0 aromatic rings. The van der Waals surface area contributed by atoms with Crippen LogP contribution in [-0.4, -0.2) is 22.2 Å². The predicted molar refractivity (Wildman–Crippen MR) is 93.6 cm³/mol. The highest BCUT2D eigenvalue weighted by Gasteiger charge is 2.18. The van der Waals surface area contributed by atoms with Crippen molar-refractivity contribution in [3.8, 4) is 0 Å². The van der Waals surface area contributed by atoms with Gasteiger partial charge in [0.1, 0.15) is 0 Å². The van der Waals surface area contributed by atoms with Gasteiger partial charge < -0.3 is 10.2 Å². The van der Waals surface area contributed by atoms with E-state index in [1.165, 1.54) is 57.8 Å². The molecule has 0 aromatic carbocycles. The number of carboxylic acids is 2. The molecule has 0 aliphatic rings. The second-order valence-electron chi connectivity index (χ2n) is 6.31. The highest BCUT2D eigenvalue weighted by Crippen LogP contribution is 2.13. The van der Waals surface area contributed by atoms with E-state index in [2.05, 4.69) is 6.92 Å². The van der Waals surface area contributed by atoms with Crippen molar-refractivity contribution < 1.29 is 19.8 Å². The molecule has 0 aliphatic heterocycles. The SMILES string of the molecule is CCCCCCCCCCCC/C=C/CC(CC(=O)O)C(=O)O. The summed E-state index contributed by atoms with van der Waals surface area (Å²) in [5.41, 5.74) is 0. The van der Waals surface area contributed by atoms with Gasteiger partial charge in [-0.25, -0.2) is 0 Å². The first-order valence-electron chi connectivity index (χ1n) is 9.17. The monoisotopic (exact) mass is 326 g/mol. The molecule has 134 valence electrons. The Balaban J connectivity index is 3.46. The maximum atomic E-state index is 10.9. The summed E-state index contributed by atoms with van der Waals surface area (Å²) in [5, 5.41) is 17.6. The summed E-state index contributed by atoms with van der Waals surface area (Å²) in [6.45, 7) is 2.24. The lowest BCUT2D eigenvalue weighted by Gasteiger charge is -2.05. The van der Waals surface area contributed by atoms with Crippen LogP contribution in [-0.2, 0) is 9.59 Å². The van der Waals surface area contributed by atoms with Gasteiger partial charge in [0.05, 0.1) is 12.3 Å². The first kappa shape index (κ1) is 21.7. The van der Waals surface area contributed by atoms with Crippen LogP contribution in [0.5, 0.6) is 0 Å². The van der Waals surface area contributed by atoms with Gasteiger partial charge in [0.15, 0.2) is 0 Å². The average Bonchev–Trinajstić information content (AvgIpc) is 2.50. The molecule has 4 heteroatoms. The fourth-order valence-corrected chi connectivity index (χ4v) is 2.61. The number of hydrogen-bond donors (Lipinski definition) is 2. The lowest BCUT2D eigenvalue weighted by Crippen LogP contribution is -2.16. The molecule has 0 rings (SSSR count). The molecule has 1 atom stereocenters. The Morgan fingerprint density at radius 3 is 1.83 bits per heavy atom. The first-order valence-corrected chi connectivity index (χ1v) is 9.17. The summed E-state index contributed by atoms with van der Waals surface area (Å²) in [5.74, 6) is -2.90. The Morgan fingerprint density at radius 2 is 1.35 bits per heavy atom. The van der Waals surface area contributed by atoms with Gasteiger partial charge in [-0.2, -0.15) is 0 Å². The van der Waals surface area contributed by atoms with Crippen molar-refractivity contribution in [3.63, 3.8) is 0 Å². The van der Waals surface area contributed by atoms with E-state index in [1.54, 1.807) is 0 Å². The number of carboxylic acid groups (broad SMARTS) is 2. The van der Waals surface area contributed by atoms with E-state index >= 15 is 0 Å². The minimum Gasteiger partial charge on any atom is -0.481 e. The van der Waals surface area contributed by atoms with Crippen molar-refractivity contribution in [1.82, 2.24) is 0 Å². The maximum absolute atomic E-state index is 10.9. The van der Waals surface area contributed by atoms with Crippen LogP contribution >= 0.6 is 0 Å². The van der Waals surface area contributed by atoms with Crippen LogP contribution in [0.1, 0.15) is 90.4 Å². The normalized spacial score (nSPS) is 12.6. The second kappa shape index (κ2) is 15.6. The van der Waals surface area contributed by atoms with Crippen LogP contribution in [0, 0.1) is 5.92 Å². The molecule has 0 heterocycles. The molecule has 0 spiro atoms. The van der Waals surface area contributed by atoms with Crippen LogP contribution in [0.4, 0.5) is 0 Å². The maximum Gasteiger partial charge on any atom is 0.307 e. The Morgan fingerprint density at radius 1 is 0.826 bits per heavy atom. The van der Waals surface area contributed by atoms with E-state index in [0.29, 0.717) is 6.42 Å². The third-order valence-electron chi connectivity index (χ3n) is 4.08. The summed E-state index contributed by atoms with van der Waals surface area (Å²) in [6.07, 6.45) is 17.8. The lowest BCUT2D eigenvalue weighted by atomic mass is 10.0. The van der Waals surface area contributed by atoms with Crippen molar-refractivity contribution in [3.05, 3.63) is 12.2 Å². The molecular weight excluding hydrogens is 292 g/mol. The van der Waals surface area contributed by atoms with E-state index in [0.717, 1.165) is 12.8 Å². The molecule has 0 aliphatic carbocycles. The van der Waals surface area contributed by atoms with Gasteiger partial charge in [0.2, 0.25) is 0 Å². The minimum absolute atomic E-state index is 0.305. The second-order valence-corrected chi connectivity index (χ2v) is 6.31. The molecule has 1 unspecified atom stereocenters. The Hall–Kier alpha value is -1.32. The van der Waals surface area contributed by atoms with Gasteiger partial charge in [-0.1, -0.05) is 76.9 Å². The third kappa shape index (κ3) is 15.4. The number of allylic oxidation sites excluding steroid dienone is 2. The van der Waals surface area contributed by atoms with Crippen LogP contribution in [0.25, 0.3) is 0 Å². The molecular formula is C19H34O4. The number of rotatable bonds is 16. The van der Waals surface area contributed by atoms with E-state index in [-0.39, 0.29) is 6.42 Å². The molecule has 0 aromatic heterocycles. The lowest BCUT2D eigenvalue weighted by molar-refractivity contribution is -0.148. The molecule has 0 saturated carbocycles. The zero-order valence-corrected chi connectivity index (χ0v) is 14.6. The van der Waals surface area contributed by atoms with Crippen molar-refractivity contribution in [2.45, 2.75) is 90.4 Å². The molecule has 2 N–H and O–H groups in total. The third-order valence-corrected chi connectivity index (χ3v) is 4.08. The van der Waals surface area contributed by atoms with Crippen molar-refractivity contribution in [2.24, 2.45) is 5.92 Å². The molecule has 4 nitrogen and oxygen atoms in total. The smallest absolute Gasteiger partial charge is 0.307 e. The number of unbranched alkanes of at least 4 members (excludes halogenated alkanes) is 10. The van der Waals surface area contributed by atoms with Crippen molar-refractivity contribution in [1.29, 1.82) is 0 Å². The summed E-state index contributed by atoms with van der Waals surface area (Å²) < 4.78 is 0.